The monoisotopic (exact) mass is 688 g/mol. The van der Waals surface area contributed by atoms with Gasteiger partial charge in [0.1, 0.15) is 11.5 Å². The minimum absolute atomic E-state index is 0.112. The van der Waals surface area contributed by atoms with Crippen molar-refractivity contribution in [3.63, 3.8) is 0 Å². The van der Waals surface area contributed by atoms with Gasteiger partial charge in [-0.3, -0.25) is 0 Å². The van der Waals surface area contributed by atoms with Crippen LogP contribution in [0, 0.1) is 0 Å². The first-order chi connectivity index (χ1) is 26.5. The van der Waals surface area contributed by atoms with Crippen molar-refractivity contribution in [3.8, 4) is 78.3 Å². The van der Waals surface area contributed by atoms with Gasteiger partial charge in [-0.15, -0.1) is 0 Å². The van der Waals surface area contributed by atoms with Crippen LogP contribution >= 0.6 is 0 Å². The fourth-order valence-electron chi connectivity index (χ4n) is 8.98. The Morgan fingerprint density at radius 3 is 1.65 bits per heavy atom. The van der Waals surface area contributed by atoms with Gasteiger partial charge in [0.2, 0.25) is 0 Å². The van der Waals surface area contributed by atoms with Crippen molar-refractivity contribution in [2.24, 2.45) is 0 Å². The molecule has 0 bridgehead atoms. The third-order valence-corrected chi connectivity index (χ3v) is 11.8. The van der Waals surface area contributed by atoms with Crippen LogP contribution in [-0.2, 0) is 5.41 Å². The molecule has 2 aliphatic rings. The molecule has 0 N–H and O–H groups in total. The lowest BCUT2D eigenvalue weighted by atomic mass is 9.81. The Hall–Kier alpha value is -6.70. The lowest BCUT2D eigenvalue weighted by molar-refractivity contribution is 0.487. The molecule has 0 aromatic heterocycles. The average Bonchev–Trinajstić information content (AvgIpc) is 3.44. The van der Waals surface area contributed by atoms with E-state index in [0.717, 1.165) is 33.6 Å². The lowest BCUT2D eigenvalue weighted by Gasteiger charge is -2.23. The molecule has 0 amide bonds. The van der Waals surface area contributed by atoms with E-state index in [2.05, 4.69) is 196 Å². The van der Waals surface area contributed by atoms with E-state index in [-0.39, 0.29) is 5.41 Å². The maximum absolute atomic E-state index is 6.76. The zero-order valence-corrected chi connectivity index (χ0v) is 30.2. The molecule has 0 fully saturated rings. The summed E-state index contributed by atoms with van der Waals surface area (Å²) in [4.78, 5) is 0. The molecular weight excluding hydrogens is 653 g/mol. The Balaban J connectivity index is 1.06. The third kappa shape index (κ3) is 4.79. The number of fused-ring (bicyclic) bond motifs is 6. The third-order valence-electron chi connectivity index (χ3n) is 11.8. The minimum atomic E-state index is -0.112. The Bertz CT molecular complexity index is 2970. The fraction of sp³-hybridized carbons (Fsp3) is 0.0566. The first-order valence-electron chi connectivity index (χ1n) is 18.8. The van der Waals surface area contributed by atoms with Crippen molar-refractivity contribution in [1.29, 1.82) is 0 Å². The van der Waals surface area contributed by atoms with E-state index >= 15 is 0 Å². The molecule has 9 aromatic carbocycles. The molecular formula is C53H36O. The Labute approximate surface area is 315 Å². The van der Waals surface area contributed by atoms with Gasteiger partial charge in [0.05, 0.1) is 0 Å². The largest absolute Gasteiger partial charge is 0.456 e. The highest BCUT2D eigenvalue weighted by molar-refractivity contribution is 6.06. The van der Waals surface area contributed by atoms with E-state index in [0.29, 0.717) is 0 Å². The highest BCUT2D eigenvalue weighted by atomic mass is 16.5. The number of ether oxygens (including phenoxy) is 1. The van der Waals surface area contributed by atoms with Gasteiger partial charge in [-0.1, -0.05) is 135 Å². The molecule has 0 unspecified atom stereocenters. The van der Waals surface area contributed by atoms with E-state index in [1.807, 2.05) is 0 Å². The van der Waals surface area contributed by atoms with Crippen LogP contribution in [0.4, 0.5) is 0 Å². The van der Waals surface area contributed by atoms with Crippen molar-refractivity contribution in [2.45, 2.75) is 19.3 Å². The molecule has 254 valence electrons. The first kappa shape index (κ1) is 30.9. The predicted octanol–water partition coefficient (Wildman–Crippen LogP) is 14.7. The molecule has 0 saturated carbocycles. The SMILES string of the molecule is CC1(C)c2cc(-c3cc(-c4ccccc4)cc(-c4cc5c6c(cccc6c4)-c4cc(-c6ccccc6)ccc4O5)c3)ccc2-c2cc3ccccc3cc21. The Kier molecular flexibility index (Phi) is 6.66. The molecule has 0 saturated heterocycles. The van der Waals surface area contributed by atoms with Crippen LogP contribution in [0.15, 0.2) is 182 Å². The van der Waals surface area contributed by atoms with E-state index in [4.69, 9.17) is 4.74 Å². The molecule has 0 atom stereocenters. The number of hydrogen-bond acceptors (Lipinski definition) is 1. The van der Waals surface area contributed by atoms with Crippen LogP contribution in [0.1, 0.15) is 25.0 Å². The molecule has 1 aliphatic carbocycles. The molecule has 0 spiro atoms. The summed E-state index contributed by atoms with van der Waals surface area (Å²) in [6, 6.07) is 66.7. The summed E-state index contributed by atoms with van der Waals surface area (Å²) in [6.45, 7) is 4.75. The molecule has 1 aliphatic heterocycles. The Morgan fingerprint density at radius 1 is 0.315 bits per heavy atom. The zero-order valence-electron chi connectivity index (χ0n) is 30.2. The van der Waals surface area contributed by atoms with Crippen molar-refractivity contribution < 1.29 is 4.74 Å². The van der Waals surface area contributed by atoms with E-state index < -0.39 is 0 Å². The number of benzene rings is 9. The van der Waals surface area contributed by atoms with Crippen LogP contribution in [0.25, 0.3) is 88.3 Å². The summed E-state index contributed by atoms with van der Waals surface area (Å²) >= 11 is 0. The highest BCUT2D eigenvalue weighted by Gasteiger charge is 2.36. The molecule has 54 heavy (non-hydrogen) atoms. The number of rotatable bonds is 4. The maximum atomic E-state index is 6.76. The van der Waals surface area contributed by atoms with Crippen molar-refractivity contribution in [3.05, 3.63) is 193 Å². The first-order valence-corrected chi connectivity index (χ1v) is 18.8. The molecule has 1 nitrogen and oxygen atoms in total. The summed E-state index contributed by atoms with van der Waals surface area (Å²) in [7, 11) is 0. The van der Waals surface area contributed by atoms with Gasteiger partial charge in [0.25, 0.3) is 0 Å². The normalized spacial score (nSPS) is 13.3. The summed E-state index contributed by atoms with van der Waals surface area (Å²) < 4.78 is 6.76. The number of hydrogen-bond donors (Lipinski definition) is 0. The van der Waals surface area contributed by atoms with Gasteiger partial charge in [0.15, 0.2) is 0 Å². The second-order valence-electron chi connectivity index (χ2n) is 15.4. The highest BCUT2D eigenvalue weighted by Crippen LogP contribution is 2.52. The van der Waals surface area contributed by atoms with E-state index in [1.165, 1.54) is 77.4 Å². The average molecular weight is 689 g/mol. The van der Waals surface area contributed by atoms with Crippen LogP contribution in [0.2, 0.25) is 0 Å². The quantitative estimate of drug-likeness (QED) is 0.179. The van der Waals surface area contributed by atoms with Gasteiger partial charge in [-0.2, -0.15) is 0 Å². The van der Waals surface area contributed by atoms with Gasteiger partial charge >= 0.3 is 0 Å². The van der Waals surface area contributed by atoms with Crippen molar-refractivity contribution >= 4 is 21.5 Å². The van der Waals surface area contributed by atoms with Crippen molar-refractivity contribution in [2.75, 3.05) is 0 Å². The van der Waals surface area contributed by atoms with Gasteiger partial charge in [-0.05, 0) is 149 Å². The molecule has 0 radical (unpaired) electrons. The van der Waals surface area contributed by atoms with E-state index in [1.54, 1.807) is 0 Å². The summed E-state index contributed by atoms with van der Waals surface area (Å²) in [5.41, 5.74) is 17.2. The van der Waals surface area contributed by atoms with Crippen LogP contribution < -0.4 is 4.74 Å². The minimum Gasteiger partial charge on any atom is -0.456 e. The molecule has 1 heteroatoms. The van der Waals surface area contributed by atoms with Crippen LogP contribution in [0.5, 0.6) is 11.5 Å². The molecule has 9 aromatic rings. The predicted molar refractivity (Wildman–Crippen MR) is 226 cm³/mol. The van der Waals surface area contributed by atoms with Crippen molar-refractivity contribution in [1.82, 2.24) is 0 Å². The fourth-order valence-corrected chi connectivity index (χ4v) is 8.98. The van der Waals surface area contributed by atoms with E-state index in [9.17, 15) is 0 Å². The summed E-state index contributed by atoms with van der Waals surface area (Å²) in [5, 5.41) is 4.91. The topological polar surface area (TPSA) is 9.23 Å². The summed E-state index contributed by atoms with van der Waals surface area (Å²) in [6.07, 6.45) is 0. The standard InChI is InChI=1S/C53H36O/c1-53(2)48-31-38(20-22-44(48)46-28-35-16-9-10-17-36(35)30-49(46)53)41-25-40(34-14-7-4-8-15-34)26-42(27-41)43-24-39-18-11-19-45-47-29-37(33-12-5-3-6-13-33)21-23-50(47)54-51(32-43)52(39)45/h3-32H,1-2H3. The second-order valence-corrected chi connectivity index (χ2v) is 15.4. The molecule has 1 heterocycles. The van der Waals surface area contributed by atoms with Gasteiger partial charge in [-0.25, -0.2) is 0 Å². The maximum Gasteiger partial charge on any atom is 0.136 e. The second kappa shape index (κ2) is 11.7. The smallest absolute Gasteiger partial charge is 0.136 e. The van der Waals surface area contributed by atoms with Gasteiger partial charge < -0.3 is 4.74 Å². The Morgan fingerprint density at radius 2 is 0.889 bits per heavy atom. The van der Waals surface area contributed by atoms with Crippen LogP contribution in [-0.4, -0.2) is 0 Å². The van der Waals surface area contributed by atoms with Crippen LogP contribution in [0.3, 0.4) is 0 Å². The molecule has 11 rings (SSSR count). The lowest BCUT2D eigenvalue weighted by Crippen LogP contribution is -2.15. The van der Waals surface area contributed by atoms with Gasteiger partial charge in [0, 0.05) is 16.4 Å². The zero-order chi connectivity index (χ0) is 36.0. The summed E-state index contributed by atoms with van der Waals surface area (Å²) in [5.74, 6) is 1.79.